The summed E-state index contributed by atoms with van der Waals surface area (Å²) in [7, 11) is -2.06. The van der Waals surface area contributed by atoms with Gasteiger partial charge in [-0.2, -0.15) is 0 Å². The lowest BCUT2D eigenvalue weighted by molar-refractivity contribution is 0.0600. The molecule has 0 radical (unpaired) electrons. The lowest BCUT2D eigenvalue weighted by atomic mass is 10.00. The minimum atomic E-state index is -4.69. The van der Waals surface area contributed by atoms with Crippen molar-refractivity contribution in [3.8, 4) is 22.6 Å². The van der Waals surface area contributed by atoms with Gasteiger partial charge < -0.3 is 19.5 Å². The number of hydrogen-bond donors (Lipinski definition) is 2. The Morgan fingerprint density at radius 1 is 1.16 bits per heavy atom. The monoisotopic (exact) mass is 610 g/mol. The van der Waals surface area contributed by atoms with Crippen molar-refractivity contribution in [1.82, 2.24) is 4.90 Å². The van der Waals surface area contributed by atoms with Gasteiger partial charge in [-0.1, -0.05) is 0 Å². The summed E-state index contributed by atoms with van der Waals surface area (Å²) in [4.78, 5) is 25.8. The zero-order valence-corrected chi connectivity index (χ0v) is 22.6. The van der Waals surface area contributed by atoms with Gasteiger partial charge >= 0.3 is 5.97 Å². The third kappa shape index (κ3) is 5.16. The van der Waals surface area contributed by atoms with Crippen LogP contribution in [-0.2, 0) is 14.8 Å². The highest BCUT2D eigenvalue weighted by molar-refractivity contribution is 9.10. The number of hydrogen-bond acceptors (Lipinski definition) is 7. The minimum Gasteiger partial charge on any atom is -0.505 e. The summed E-state index contributed by atoms with van der Waals surface area (Å²) in [6, 6.07) is 7.63. The molecule has 1 heterocycles. The maximum Gasteiger partial charge on any atom is 0.337 e. The fraction of sp³-hybridized carbons (Fsp3) is 0.200. The molecule has 9 nitrogen and oxygen atoms in total. The van der Waals surface area contributed by atoms with Gasteiger partial charge in [-0.15, -0.1) is 0 Å². The fourth-order valence-corrected chi connectivity index (χ4v) is 5.76. The number of carbonyl (C=O) groups is 2. The van der Waals surface area contributed by atoms with E-state index in [0.29, 0.717) is 6.07 Å². The second-order valence-corrected chi connectivity index (χ2v) is 11.0. The molecule has 0 aromatic heterocycles. The van der Waals surface area contributed by atoms with E-state index in [1.165, 1.54) is 36.2 Å². The van der Waals surface area contributed by atoms with E-state index in [1.807, 2.05) is 4.72 Å². The lowest BCUT2D eigenvalue weighted by Crippen LogP contribution is -2.35. The molecule has 0 fully saturated rings. The molecule has 1 atom stereocenters. The van der Waals surface area contributed by atoms with Crippen LogP contribution in [0.3, 0.4) is 0 Å². The predicted octanol–water partition coefficient (Wildman–Crippen LogP) is 4.54. The summed E-state index contributed by atoms with van der Waals surface area (Å²) < 4.78 is 69.0. The maximum absolute atomic E-state index is 15.1. The Kier molecular flexibility index (Phi) is 7.35. The maximum atomic E-state index is 15.1. The first kappa shape index (κ1) is 27.3. The molecule has 38 heavy (non-hydrogen) atoms. The first-order chi connectivity index (χ1) is 17.8. The summed E-state index contributed by atoms with van der Waals surface area (Å²) in [6.45, 7) is 1.67. The number of ether oxygens (including phenoxy) is 2. The van der Waals surface area contributed by atoms with E-state index in [4.69, 9.17) is 9.47 Å². The number of fused-ring (bicyclic) bond motifs is 6. The van der Waals surface area contributed by atoms with E-state index < -0.39 is 56.0 Å². The van der Waals surface area contributed by atoms with Crippen molar-refractivity contribution in [3.05, 3.63) is 69.7 Å². The normalized spacial score (nSPS) is 16.8. The smallest absolute Gasteiger partial charge is 0.337 e. The standard InChI is InChI=1S/C25H21BrF2N2O7S/c1-12-11-30(2)24(32)14-7-17(26)23(31)22(8-14)38(34,35)29-20-9-15(18(27)10-19(20)28)16-6-13(25(33)36-3)4-5-21(16)37-12/h4-10,12,29,31H,11H2,1-3H3/t12-/m0/s1. The summed E-state index contributed by atoms with van der Waals surface area (Å²) >= 11 is 3.05. The number of methoxy groups -OCH3 is 1. The summed E-state index contributed by atoms with van der Waals surface area (Å²) in [6.07, 6.45) is -0.665. The molecule has 4 bridgehead atoms. The lowest BCUT2D eigenvalue weighted by Gasteiger charge is -2.24. The van der Waals surface area contributed by atoms with E-state index >= 15 is 4.39 Å². The number of phenolic OH excluding ortho intramolecular Hbond substituents is 1. The molecule has 1 aliphatic rings. The molecule has 1 amide bonds. The summed E-state index contributed by atoms with van der Waals surface area (Å²) in [5.41, 5.74) is -0.973. The minimum absolute atomic E-state index is 0.00713. The van der Waals surface area contributed by atoms with Crippen molar-refractivity contribution in [2.24, 2.45) is 0 Å². The first-order valence-electron chi connectivity index (χ1n) is 11.0. The molecular weight excluding hydrogens is 590 g/mol. The molecular formula is C25H21BrF2N2O7S. The zero-order chi connectivity index (χ0) is 27.9. The highest BCUT2D eigenvalue weighted by atomic mass is 79.9. The van der Waals surface area contributed by atoms with Crippen LogP contribution in [0.2, 0.25) is 0 Å². The average Bonchev–Trinajstić information content (AvgIpc) is 2.85. The number of nitrogens with zero attached hydrogens (tertiary/aromatic N) is 1. The summed E-state index contributed by atoms with van der Waals surface area (Å²) in [5, 5.41) is 10.5. The van der Waals surface area contributed by atoms with Crippen LogP contribution in [0.25, 0.3) is 11.1 Å². The van der Waals surface area contributed by atoms with Gasteiger partial charge in [0, 0.05) is 29.8 Å². The van der Waals surface area contributed by atoms with Crippen LogP contribution in [-0.4, -0.2) is 57.1 Å². The SMILES string of the molecule is COC(=O)c1ccc2c(c1)-c1cc(c(F)cc1F)NS(=O)(=O)c1cc(cc(Br)c1O)C(=O)N(C)C[C@H](C)O2. The third-order valence-corrected chi connectivity index (χ3v) is 7.75. The van der Waals surface area contributed by atoms with Crippen molar-refractivity contribution < 1.29 is 41.4 Å². The van der Waals surface area contributed by atoms with Crippen LogP contribution in [0, 0.1) is 11.6 Å². The van der Waals surface area contributed by atoms with Crippen molar-refractivity contribution in [1.29, 1.82) is 0 Å². The molecule has 0 spiro atoms. The van der Waals surface area contributed by atoms with Crippen LogP contribution < -0.4 is 9.46 Å². The number of sulfonamides is 1. The molecule has 3 aromatic rings. The third-order valence-electron chi connectivity index (χ3n) is 5.76. The predicted molar refractivity (Wildman–Crippen MR) is 137 cm³/mol. The molecule has 200 valence electrons. The second kappa shape index (κ2) is 10.2. The topological polar surface area (TPSA) is 122 Å². The van der Waals surface area contributed by atoms with E-state index in [-0.39, 0.29) is 39.0 Å². The molecule has 2 N–H and O–H groups in total. The Bertz CT molecular complexity index is 1580. The van der Waals surface area contributed by atoms with Gasteiger partial charge in [-0.25, -0.2) is 22.0 Å². The number of amides is 1. The van der Waals surface area contributed by atoms with Crippen molar-refractivity contribution in [2.45, 2.75) is 17.9 Å². The Morgan fingerprint density at radius 2 is 1.87 bits per heavy atom. The number of rotatable bonds is 1. The van der Waals surface area contributed by atoms with Gasteiger partial charge in [0.2, 0.25) is 0 Å². The van der Waals surface area contributed by atoms with E-state index in [9.17, 15) is 27.5 Å². The second-order valence-electron chi connectivity index (χ2n) is 8.54. The fourth-order valence-electron chi connectivity index (χ4n) is 3.97. The largest absolute Gasteiger partial charge is 0.505 e. The number of esters is 1. The van der Waals surface area contributed by atoms with Crippen LogP contribution >= 0.6 is 15.9 Å². The van der Waals surface area contributed by atoms with Gasteiger partial charge in [-0.3, -0.25) is 9.52 Å². The quantitative estimate of drug-likeness (QED) is 0.388. The number of halogens is 3. The van der Waals surface area contributed by atoms with E-state index in [1.54, 1.807) is 6.92 Å². The number of phenols is 1. The molecule has 3 aromatic carbocycles. The van der Waals surface area contributed by atoms with Gasteiger partial charge in [0.05, 0.1) is 29.4 Å². The van der Waals surface area contributed by atoms with Crippen molar-refractivity contribution in [2.75, 3.05) is 25.4 Å². The summed E-state index contributed by atoms with van der Waals surface area (Å²) in [5.74, 6) is -4.26. The van der Waals surface area contributed by atoms with Crippen molar-refractivity contribution >= 4 is 43.5 Å². The molecule has 1 aliphatic heterocycles. The Balaban J connectivity index is 2.00. The van der Waals surface area contributed by atoms with Gasteiger partial charge in [-0.05, 0) is 59.3 Å². The number of anilines is 1. The molecule has 0 unspecified atom stereocenters. The highest BCUT2D eigenvalue weighted by Gasteiger charge is 2.28. The molecule has 4 rings (SSSR count). The number of carbonyl (C=O) groups excluding carboxylic acids is 2. The molecule has 0 saturated heterocycles. The average molecular weight is 611 g/mol. The zero-order valence-electron chi connectivity index (χ0n) is 20.2. The number of benzene rings is 3. The van der Waals surface area contributed by atoms with Crippen LogP contribution in [0.1, 0.15) is 27.6 Å². The Morgan fingerprint density at radius 3 is 2.55 bits per heavy atom. The van der Waals surface area contributed by atoms with Crippen LogP contribution in [0.15, 0.2) is 51.8 Å². The number of likely N-dealkylation sites (N-methyl/N-ethyl adjacent to an activating group) is 1. The van der Waals surface area contributed by atoms with Gasteiger partial charge in [0.25, 0.3) is 15.9 Å². The van der Waals surface area contributed by atoms with Gasteiger partial charge in [0.15, 0.2) is 0 Å². The molecule has 0 aliphatic carbocycles. The molecule has 0 saturated carbocycles. The Labute approximate surface area is 225 Å². The molecule has 13 heteroatoms. The number of nitrogens with one attached hydrogen (secondary N) is 1. The number of aromatic hydroxyl groups is 1. The van der Waals surface area contributed by atoms with E-state index in [2.05, 4.69) is 15.9 Å². The van der Waals surface area contributed by atoms with Crippen LogP contribution in [0.5, 0.6) is 11.5 Å². The highest BCUT2D eigenvalue weighted by Crippen LogP contribution is 2.38. The van der Waals surface area contributed by atoms with Gasteiger partial charge in [0.1, 0.15) is 34.1 Å². The van der Waals surface area contributed by atoms with Crippen molar-refractivity contribution in [3.63, 3.8) is 0 Å². The Hall–Kier alpha value is -3.71. The van der Waals surface area contributed by atoms with Crippen LogP contribution in [0.4, 0.5) is 14.5 Å². The van der Waals surface area contributed by atoms with E-state index in [0.717, 1.165) is 19.2 Å². The first-order valence-corrected chi connectivity index (χ1v) is 13.3.